The number of hydrogen-bond donors (Lipinski definition) is 1. The SMILES string of the molecule is CC.Cc1ccc(CS)cc1. The molecule has 0 radical (unpaired) electrons. The van der Waals surface area contributed by atoms with Crippen molar-refractivity contribution in [1.29, 1.82) is 0 Å². The molecular weight excluding hydrogens is 152 g/mol. The van der Waals surface area contributed by atoms with Gasteiger partial charge in [0.05, 0.1) is 0 Å². The summed E-state index contributed by atoms with van der Waals surface area (Å²) >= 11 is 4.14. The van der Waals surface area contributed by atoms with E-state index in [1.54, 1.807) is 0 Å². The van der Waals surface area contributed by atoms with Gasteiger partial charge >= 0.3 is 0 Å². The summed E-state index contributed by atoms with van der Waals surface area (Å²) in [6, 6.07) is 8.40. The maximum absolute atomic E-state index is 4.14. The molecule has 0 aliphatic carbocycles. The summed E-state index contributed by atoms with van der Waals surface area (Å²) in [5.74, 6) is 0.834. The van der Waals surface area contributed by atoms with Gasteiger partial charge in [0.2, 0.25) is 0 Å². The number of benzene rings is 1. The second-order valence-electron chi connectivity index (χ2n) is 2.14. The van der Waals surface area contributed by atoms with Crippen LogP contribution < -0.4 is 0 Å². The Bertz CT molecular complexity index is 177. The molecule has 0 spiro atoms. The number of rotatable bonds is 1. The van der Waals surface area contributed by atoms with Crippen molar-refractivity contribution in [2.75, 3.05) is 0 Å². The molecule has 1 heteroatoms. The van der Waals surface area contributed by atoms with Crippen LogP contribution in [0.25, 0.3) is 0 Å². The van der Waals surface area contributed by atoms with Gasteiger partial charge in [0, 0.05) is 5.75 Å². The van der Waals surface area contributed by atoms with Crippen LogP contribution in [0.2, 0.25) is 0 Å². The van der Waals surface area contributed by atoms with Crippen LogP contribution in [0.1, 0.15) is 25.0 Å². The summed E-state index contributed by atoms with van der Waals surface area (Å²) < 4.78 is 0. The van der Waals surface area contributed by atoms with Gasteiger partial charge in [0.1, 0.15) is 0 Å². The molecule has 0 aromatic heterocycles. The maximum Gasteiger partial charge on any atom is 0.0154 e. The van der Waals surface area contributed by atoms with Gasteiger partial charge in [-0.2, -0.15) is 12.6 Å². The van der Waals surface area contributed by atoms with E-state index in [4.69, 9.17) is 0 Å². The van der Waals surface area contributed by atoms with Crippen LogP contribution in [-0.2, 0) is 5.75 Å². The summed E-state index contributed by atoms with van der Waals surface area (Å²) in [6.07, 6.45) is 0. The first-order chi connectivity index (χ1) is 5.33. The Morgan fingerprint density at radius 1 is 1.09 bits per heavy atom. The van der Waals surface area contributed by atoms with Crippen LogP contribution in [0.4, 0.5) is 0 Å². The molecule has 1 rings (SSSR count). The zero-order valence-electron chi connectivity index (χ0n) is 7.46. The molecule has 0 amide bonds. The van der Waals surface area contributed by atoms with Crippen molar-refractivity contribution >= 4 is 12.6 Å². The lowest BCUT2D eigenvalue weighted by Crippen LogP contribution is -1.76. The highest BCUT2D eigenvalue weighted by Crippen LogP contribution is 2.04. The van der Waals surface area contributed by atoms with E-state index in [0.717, 1.165) is 5.75 Å². The number of aryl methyl sites for hydroxylation is 1. The van der Waals surface area contributed by atoms with Gasteiger partial charge < -0.3 is 0 Å². The molecule has 0 nitrogen and oxygen atoms in total. The Labute approximate surface area is 75.1 Å². The number of thiol groups is 1. The third kappa shape index (κ3) is 4.10. The molecule has 1 aromatic rings. The second-order valence-corrected chi connectivity index (χ2v) is 2.46. The fourth-order valence-electron chi connectivity index (χ4n) is 0.693. The van der Waals surface area contributed by atoms with Gasteiger partial charge in [-0.1, -0.05) is 43.7 Å². The first-order valence-electron chi connectivity index (χ1n) is 3.99. The van der Waals surface area contributed by atoms with Crippen LogP contribution in [0.5, 0.6) is 0 Å². The third-order valence-corrected chi connectivity index (χ3v) is 1.67. The van der Waals surface area contributed by atoms with Crippen molar-refractivity contribution in [2.45, 2.75) is 26.5 Å². The summed E-state index contributed by atoms with van der Waals surface area (Å²) in [7, 11) is 0. The lowest BCUT2D eigenvalue weighted by atomic mass is 10.2. The van der Waals surface area contributed by atoms with Gasteiger partial charge in [0.25, 0.3) is 0 Å². The first kappa shape index (κ1) is 10.6. The molecule has 0 aliphatic heterocycles. The largest absolute Gasteiger partial charge is 0.175 e. The molecule has 0 aliphatic rings. The van der Waals surface area contributed by atoms with Crippen molar-refractivity contribution in [2.24, 2.45) is 0 Å². The van der Waals surface area contributed by atoms with Gasteiger partial charge in [-0.05, 0) is 12.5 Å². The lowest BCUT2D eigenvalue weighted by Gasteiger charge is -1.94. The van der Waals surface area contributed by atoms with E-state index in [9.17, 15) is 0 Å². The molecule has 0 bridgehead atoms. The van der Waals surface area contributed by atoms with Crippen molar-refractivity contribution in [1.82, 2.24) is 0 Å². The van der Waals surface area contributed by atoms with E-state index in [1.165, 1.54) is 11.1 Å². The van der Waals surface area contributed by atoms with Crippen molar-refractivity contribution in [3.63, 3.8) is 0 Å². The standard InChI is InChI=1S/C8H10S.C2H6/c1-7-2-4-8(6-9)5-3-7;1-2/h2-5,9H,6H2,1H3;1-2H3. The van der Waals surface area contributed by atoms with Crippen LogP contribution in [0, 0.1) is 6.92 Å². The Morgan fingerprint density at radius 2 is 1.55 bits per heavy atom. The fraction of sp³-hybridized carbons (Fsp3) is 0.400. The topological polar surface area (TPSA) is 0 Å². The molecule has 0 atom stereocenters. The zero-order valence-corrected chi connectivity index (χ0v) is 8.36. The number of hydrogen-bond acceptors (Lipinski definition) is 1. The second kappa shape index (κ2) is 6.29. The van der Waals surface area contributed by atoms with E-state index < -0.39 is 0 Å². The summed E-state index contributed by atoms with van der Waals surface area (Å²) in [5, 5.41) is 0. The highest BCUT2D eigenvalue weighted by atomic mass is 32.1. The quantitative estimate of drug-likeness (QED) is 0.610. The maximum atomic E-state index is 4.14. The molecule has 0 heterocycles. The predicted molar refractivity (Wildman–Crippen MR) is 55.2 cm³/mol. The van der Waals surface area contributed by atoms with Crippen LogP contribution >= 0.6 is 12.6 Å². The Kier molecular flexibility index (Phi) is 6.05. The molecule has 1 aromatic carbocycles. The average Bonchev–Trinajstić information content (AvgIpc) is 2.10. The summed E-state index contributed by atoms with van der Waals surface area (Å²) in [6.45, 7) is 6.09. The predicted octanol–water partition coefficient (Wildman–Crippen LogP) is 3.45. The highest BCUT2D eigenvalue weighted by molar-refractivity contribution is 7.79. The van der Waals surface area contributed by atoms with Crippen LogP contribution in [0.3, 0.4) is 0 Å². The molecule has 0 saturated heterocycles. The van der Waals surface area contributed by atoms with Crippen LogP contribution in [-0.4, -0.2) is 0 Å². The summed E-state index contributed by atoms with van der Waals surface area (Å²) in [4.78, 5) is 0. The average molecular weight is 168 g/mol. The van der Waals surface area contributed by atoms with Gasteiger partial charge in [-0.3, -0.25) is 0 Å². The molecule has 11 heavy (non-hydrogen) atoms. The van der Waals surface area contributed by atoms with Crippen molar-refractivity contribution in [3.8, 4) is 0 Å². The minimum Gasteiger partial charge on any atom is -0.175 e. The minimum absolute atomic E-state index is 0.834. The molecule has 0 N–H and O–H groups in total. The highest BCUT2D eigenvalue weighted by Gasteiger charge is 1.85. The van der Waals surface area contributed by atoms with E-state index in [0.29, 0.717) is 0 Å². The van der Waals surface area contributed by atoms with E-state index in [-0.39, 0.29) is 0 Å². The monoisotopic (exact) mass is 168 g/mol. The van der Waals surface area contributed by atoms with E-state index >= 15 is 0 Å². The first-order valence-corrected chi connectivity index (χ1v) is 4.62. The van der Waals surface area contributed by atoms with Crippen molar-refractivity contribution in [3.05, 3.63) is 35.4 Å². The van der Waals surface area contributed by atoms with Gasteiger partial charge in [-0.25, -0.2) is 0 Å². The minimum atomic E-state index is 0.834. The molecule has 0 unspecified atom stereocenters. The molecule has 62 valence electrons. The Hall–Kier alpha value is -0.430. The molecule has 0 fully saturated rings. The van der Waals surface area contributed by atoms with E-state index in [1.807, 2.05) is 13.8 Å². The normalized spacial score (nSPS) is 8.36. The lowest BCUT2D eigenvalue weighted by molar-refractivity contribution is 1.37. The van der Waals surface area contributed by atoms with Crippen LogP contribution in [0.15, 0.2) is 24.3 Å². The van der Waals surface area contributed by atoms with Crippen molar-refractivity contribution < 1.29 is 0 Å². The molecule has 0 saturated carbocycles. The smallest absolute Gasteiger partial charge is 0.0154 e. The van der Waals surface area contributed by atoms with Gasteiger partial charge in [-0.15, -0.1) is 0 Å². The van der Waals surface area contributed by atoms with E-state index in [2.05, 4.69) is 43.8 Å². The summed E-state index contributed by atoms with van der Waals surface area (Å²) in [5.41, 5.74) is 2.59. The molecular formula is C10H16S. The fourth-order valence-corrected chi connectivity index (χ4v) is 0.904. The zero-order chi connectivity index (χ0) is 8.69. The Balaban J connectivity index is 0.000000461. The van der Waals surface area contributed by atoms with Gasteiger partial charge in [0.15, 0.2) is 0 Å². The Morgan fingerprint density at radius 3 is 1.91 bits per heavy atom. The third-order valence-electron chi connectivity index (χ3n) is 1.30.